The minimum absolute atomic E-state index is 0.270. The van der Waals surface area contributed by atoms with Crippen LogP contribution in [0.4, 0.5) is 0 Å². The second-order valence-electron chi connectivity index (χ2n) is 7.05. The summed E-state index contributed by atoms with van der Waals surface area (Å²) in [6, 6.07) is 18.1. The minimum atomic E-state index is -0.270. The van der Waals surface area contributed by atoms with E-state index in [2.05, 4.69) is 41.2 Å². The second kappa shape index (κ2) is 9.18. The molecular weight excluding hydrogens is 392 g/mol. The monoisotopic (exact) mass is 416 g/mol. The Morgan fingerprint density at radius 2 is 1.93 bits per heavy atom. The fourth-order valence-electron chi connectivity index (χ4n) is 3.69. The highest BCUT2D eigenvalue weighted by atomic mass is 32.2. The molecule has 1 N–H and O–H groups in total. The molecular formula is C25H24N2O2S. The first kappa shape index (κ1) is 20.2. The van der Waals surface area contributed by atoms with Crippen LogP contribution >= 0.6 is 11.8 Å². The first-order valence-corrected chi connectivity index (χ1v) is 11.1. The number of aromatic amines is 1. The molecule has 0 saturated heterocycles. The number of fused-ring (bicyclic) bond motifs is 1. The maximum atomic E-state index is 11.8. The topological polar surface area (TPSA) is 55.0 Å². The highest BCUT2D eigenvalue weighted by Crippen LogP contribution is 2.32. The lowest BCUT2D eigenvalue weighted by molar-refractivity contribution is 0.0526. The van der Waals surface area contributed by atoms with E-state index in [1.165, 1.54) is 16.5 Å². The molecule has 0 bridgehead atoms. The summed E-state index contributed by atoms with van der Waals surface area (Å²) < 4.78 is 5.04. The van der Waals surface area contributed by atoms with Crippen molar-refractivity contribution in [3.05, 3.63) is 83.7 Å². The molecule has 0 fully saturated rings. The van der Waals surface area contributed by atoms with Crippen molar-refractivity contribution in [2.45, 2.75) is 25.2 Å². The number of nitrogens with one attached hydrogen (secondary N) is 1. The molecule has 0 aliphatic heterocycles. The van der Waals surface area contributed by atoms with Crippen molar-refractivity contribution in [1.82, 2.24) is 9.97 Å². The van der Waals surface area contributed by atoms with E-state index in [-0.39, 0.29) is 5.97 Å². The zero-order valence-corrected chi connectivity index (χ0v) is 18.0. The Morgan fingerprint density at radius 3 is 2.67 bits per heavy atom. The van der Waals surface area contributed by atoms with Crippen molar-refractivity contribution in [2.24, 2.45) is 0 Å². The number of rotatable bonds is 7. The van der Waals surface area contributed by atoms with Gasteiger partial charge < -0.3 is 9.72 Å². The standard InChI is InChI=1S/C25H24N2O2S/c1-3-29-25(28)19-9-11-21(12-10-19)30-15-13-18-6-4-8-22-23(18)17(2)24(27-22)20-7-5-14-26-16-20/h4-12,14,16,27H,3,13,15H2,1-2H3. The van der Waals surface area contributed by atoms with E-state index in [4.69, 9.17) is 4.74 Å². The molecule has 5 heteroatoms. The Morgan fingerprint density at radius 1 is 1.10 bits per heavy atom. The summed E-state index contributed by atoms with van der Waals surface area (Å²) in [5, 5.41) is 1.30. The molecule has 4 rings (SSSR count). The highest BCUT2D eigenvalue weighted by Gasteiger charge is 2.13. The lowest BCUT2D eigenvalue weighted by atomic mass is 10.0. The SMILES string of the molecule is CCOC(=O)c1ccc(SCCc2cccc3[nH]c(-c4cccnc4)c(C)c23)cc1. The number of H-pyrrole nitrogens is 1. The number of thioether (sulfide) groups is 1. The van der Waals surface area contributed by atoms with Crippen molar-refractivity contribution in [3.8, 4) is 11.3 Å². The van der Waals surface area contributed by atoms with E-state index >= 15 is 0 Å². The maximum absolute atomic E-state index is 11.8. The molecule has 0 spiro atoms. The molecule has 4 nitrogen and oxygen atoms in total. The number of hydrogen-bond acceptors (Lipinski definition) is 4. The summed E-state index contributed by atoms with van der Waals surface area (Å²) >= 11 is 1.79. The lowest BCUT2D eigenvalue weighted by Crippen LogP contribution is -2.03. The summed E-state index contributed by atoms with van der Waals surface area (Å²) in [4.78, 5) is 20.7. The molecule has 0 aliphatic carbocycles. The Bertz CT molecular complexity index is 1150. The zero-order chi connectivity index (χ0) is 20.9. The maximum Gasteiger partial charge on any atom is 0.338 e. The quantitative estimate of drug-likeness (QED) is 0.294. The Labute approximate surface area is 180 Å². The van der Waals surface area contributed by atoms with Gasteiger partial charge in [0.1, 0.15) is 0 Å². The summed E-state index contributed by atoms with van der Waals surface area (Å²) in [6.45, 7) is 4.38. The number of hydrogen-bond donors (Lipinski definition) is 1. The average molecular weight is 417 g/mol. The Hall–Kier alpha value is -3.05. The van der Waals surface area contributed by atoms with Crippen LogP contribution in [0.3, 0.4) is 0 Å². The predicted octanol–water partition coefficient (Wildman–Crippen LogP) is 6.05. The van der Waals surface area contributed by atoms with Crippen LogP contribution in [-0.2, 0) is 11.2 Å². The van der Waals surface area contributed by atoms with Crippen LogP contribution < -0.4 is 0 Å². The number of carbonyl (C=O) groups excluding carboxylic acids is 1. The van der Waals surface area contributed by atoms with Gasteiger partial charge in [-0.2, -0.15) is 0 Å². The number of nitrogens with zero attached hydrogens (tertiary/aromatic N) is 1. The number of ether oxygens (including phenoxy) is 1. The summed E-state index contributed by atoms with van der Waals surface area (Å²) in [7, 11) is 0. The number of benzene rings is 2. The smallest absolute Gasteiger partial charge is 0.338 e. The predicted molar refractivity (Wildman–Crippen MR) is 123 cm³/mol. The molecule has 0 unspecified atom stereocenters. The van der Waals surface area contributed by atoms with Gasteiger partial charge in [-0.25, -0.2) is 4.79 Å². The molecule has 30 heavy (non-hydrogen) atoms. The molecule has 152 valence electrons. The Kier molecular flexibility index (Phi) is 6.19. The highest BCUT2D eigenvalue weighted by molar-refractivity contribution is 7.99. The molecule has 2 heterocycles. The van der Waals surface area contributed by atoms with Gasteiger partial charge in [-0.05, 0) is 73.9 Å². The molecule has 0 aliphatic rings. The van der Waals surface area contributed by atoms with E-state index in [1.807, 2.05) is 43.5 Å². The lowest BCUT2D eigenvalue weighted by Gasteiger charge is -2.06. The first-order valence-electron chi connectivity index (χ1n) is 10.1. The van der Waals surface area contributed by atoms with Gasteiger partial charge in [-0.15, -0.1) is 11.8 Å². The third kappa shape index (κ3) is 4.26. The number of esters is 1. The summed E-state index contributed by atoms with van der Waals surface area (Å²) in [6.07, 6.45) is 4.66. The molecule has 4 aromatic rings. The van der Waals surface area contributed by atoms with Crippen LogP contribution in [0.5, 0.6) is 0 Å². The van der Waals surface area contributed by atoms with Gasteiger partial charge in [0.2, 0.25) is 0 Å². The van der Waals surface area contributed by atoms with E-state index in [1.54, 1.807) is 18.0 Å². The molecule has 0 saturated carbocycles. The normalized spacial score (nSPS) is 11.0. The van der Waals surface area contributed by atoms with Crippen molar-refractivity contribution in [1.29, 1.82) is 0 Å². The summed E-state index contributed by atoms with van der Waals surface area (Å²) in [5.74, 6) is 0.693. The zero-order valence-electron chi connectivity index (χ0n) is 17.1. The van der Waals surface area contributed by atoms with Gasteiger partial charge in [0.05, 0.1) is 17.9 Å². The van der Waals surface area contributed by atoms with E-state index in [0.717, 1.165) is 33.8 Å². The van der Waals surface area contributed by atoms with Crippen molar-refractivity contribution < 1.29 is 9.53 Å². The number of carbonyl (C=O) groups is 1. The summed E-state index contributed by atoms with van der Waals surface area (Å²) in [5.41, 5.74) is 6.59. The number of pyridine rings is 1. The molecule has 0 atom stereocenters. The van der Waals surface area contributed by atoms with Crippen LogP contribution in [0.1, 0.15) is 28.4 Å². The van der Waals surface area contributed by atoms with Crippen molar-refractivity contribution in [2.75, 3.05) is 12.4 Å². The van der Waals surface area contributed by atoms with Gasteiger partial charge in [-0.3, -0.25) is 4.98 Å². The van der Waals surface area contributed by atoms with Crippen LogP contribution in [0.25, 0.3) is 22.2 Å². The largest absolute Gasteiger partial charge is 0.462 e. The van der Waals surface area contributed by atoms with Gasteiger partial charge in [0.25, 0.3) is 0 Å². The van der Waals surface area contributed by atoms with Crippen molar-refractivity contribution >= 4 is 28.6 Å². The first-order chi connectivity index (χ1) is 14.7. The van der Waals surface area contributed by atoms with Gasteiger partial charge >= 0.3 is 5.97 Å². The van der Waals surface area contributed by atoms with E-state index < -0.39 is 0 Å². The van der Waals surface area contributed by atoms with Gasteiger partial charge in [0, 0.05) is 39.5 Å². The molecule has 2 aromatic carbocycles. The molecule has 2 aromatic heterocycles. The van der Waals surface area contributed by atoms with Crippen LogP contribution in [0.2, 0.25) is 0 Å². The van der Waals surface area contributed by atoms with Gasteiger partial charge in [0.15, 0.2) is 0 Å². The molecule has 0 radical (unpaired) electrons. The van der Waals surface area contributed by atoms with Crippen LogP contribution in [0.15, 0.2) is 71.9 Å². The fraction of sp³-hybridized carbons (Fsp3) is 0.200. The minimum Gasteiger partial charge on any atom is -0.462 e. The van der Waals surface area contributed by atoms with Crippen LogP contribution in [0, 0.1) is 6.92 Å². The van der Waals surface area contributed by atoms with Crippen LogP contribution in [-0.4, -0.2) is 28.3 Å². The van der Waals surface area contributed by atoms with E-state index in [0.29, 0.717) is 12.2 Å². The fourth-order valence-corrected chi connectivity index (χ4v) is 4.57. The Balaban J connectivity index is 1.48. The molecule has 0 amide bonds. The average Bonchev–Trinajstić information content (AvgIpc) is 3.12. The van der Waals surface area contributed by atoms with E-state index in [9.17, 15) is 4.79 Å². The number of aromatic nitrogens is 2. The third-order valence-corrected chi connectivity index (χ3v) is 6.13. The van der Waals surface area contributed by atoms with Crippen molar-refractivity contribution in [3.63, 3.8) is 0 Å². The second-order valence-corrected chi connectivity index (χ2v) is 8.22. The number of aryl methyl sites for hydroxylation is 2. The van der Waals surface area contributed by atoms with Gasteiger partial charge in [-0.1, -0.05) is 12.1 Å². The third-order valence-electron chi connectivity index (χ3n) is 5.12.